The second-order valence-electron chi connectivity index (χ2n) is 5.56. The number of hydrogen-bond acceptors (Lipinski definition) is 3. The van der Waals surface area contributed by atoms with Crippen LogP contribution >= 0.6 is 11.6 Å². The van der Waals surface area contributed by atoms with E-state index in [9.17, 15) is 0 Å². The number of likely N-dealkylation sites (tertiary alicyclic amines) is 1. The molecule has 0 amide bonds. The molecule has 0 radical (unpaired) electrons. The summed E-state index contributed by atoms with van der Waals surface area (Å²) in [5.41, 5.74) is 2.36. The van der Waals surface area contributed by atoms with Gasteiger partial charge in [-0.1, -0.05) is 41.9 Å². The number of aromatic nitrogens is 1. The summed E-state index contributed by atoms with van der Waals surface area (Å²) < 4.78 is 0. The fraction of sp³-hybridized carbons (Fsp3) is 0.353. The summed E-state index contributed by atoms with van der Waals surface area (Å²) in [6.45, 7) is 3.23. The Hall–Kier alpha value is -1.58. The van der Waals surface area contributed by atoms with Gasteiger partial charge >= 0.3 is 0 Å². The van der Waals surface area contributed by atoms with Gasteiger partial charge in [-0.05, 0) is 31.0 Å². The van der Waals surface area contributed by atoms with Crippen molar-refractivity contribution in [2.24, 2.45) is 0 Å². The smallest absolute Gasteiger partial charge is 0.0820 e. The van der Waals surface area contributed by atoms with Gasteiger partial charge in [0, 0.05) is 31.5 Å². The average Bonchev–Trinajstić information content (AvgIpc) is 2.51. The zero-order valence-corrected chi connectivity index (χ0v) is 12.8. The van der Waals surface area contributed by atoms with E-state index in [1.165, 1.54) is 18.4 Å². The Morgan fingerprint density at radius 2 is 2.10 bits per heavy atom. The molecule has 1 atom stereocenters. The molecule has 110 valence electrons. The number of rotatable bonds is 4. The van der Waals surface area contributed by atoms with Crippen LogP contribution in [0.15, 0.2) is 48.8 Å². The Morgan fingerprint density at radius 1 is 1.24 bits per heavy atom. The van der Waals surface area contributed by atoms with E-state index in [4.69, 9.17) is 11.6 Å². The second-order valence-corrected chi connectivity index (χ2v) is 5.97. The Balaban J connectivity index is 1.60. The van der Waals surface area contributed by atoms with Gasteiger partial charge in [-0.3, -0.25) is 9.88 Å². The molecule has 1 saturated heterocycles. The lowest BCUT2D eigenvalue weighted by Gasteiger charge is -2.33. The molecule has 1 aliphatic heterocycles. The first-order valence-corrected chi connectivity index (χ1v) is 7.81. The van der Waals surface area contributed by atoms with Crippen molar-refractivity contribution in [2.75, 3.05) is 18.4 Å². The number of nitrogens with zero attached hydrogens (tertiary/aromatic N) is 2. The number of hydrogen-bond donors (Lipinski definition) is 1. The van der Waals surface area contributed by atoms with E-state index >= 15 is 0 Å². The first kappa shape index (κ1) is 14.4. The Labute approximate surface area is 131 Å². The molecule has 3 nitrogen and oxygen atoms in total. The fourth-order valence-electron chi connectivity index (χ4n) is 2.87. The van der Waals surface area contributed by atoms with E-state index in [1.54, 1.807) is 12.4 Å². The summed E-state index contributed by atoms with van der Waals surface area (Å²) in [6.07, 6.45) is 5.87. The fourth-order valence-corrected chi connectivity index (χ4v) is 3.04. The van der Waals surface area contributed by atoms with Crippen LogP contribution in [-0.2, 0) is 6.54 Å². The predicted octanol–water partition coefficient (Wildman–Crippen LogP) is 3.81. The molecule has 2 heterocycles. The van der Waals surface area contributed by atoms with E-state index in [0.29, 0.717) is 11.1 Å². The average molecular weight is 302 g/mol. The van der Waals surface area contributed by atoms with Crippen LogP contribution in [0.4, 0.5) is 5.69 Å². The van der Waals surface area contributed by atoms with Crippen LogP contribution in [0, 0.1) is 0 Å². The summed E-state index contributed by atoms with van der Waals surface area (Å²) in [4.78, 5) is 6.53. The number of piperidine rings is 1. The van der Waals surface area contributed by atoms with Crippen LogP contribution < -0.4 is 5.32 Å². The van der Waals surface area contributed by atoms with Crippen LogP contribution in [0.2, 0.25) is 5.02 Å². The molecule has 1 fully saturated rings. The third-order valence-electron chi connectivity index (χ3n) is 3.89. The van der Waals surface area contributed by atoms with Crippen LogP contribution in [0.25, 0.3) is 0 Å². The molecule has 1 N–H and O–H groups in total. The molecule has 3 rings (SSSR count). The van der Waals surface area contributed by atoms with Crippen molar-refractivity contribution in [3.05, 3.63) is 59.4 Å². The lowest BCUT2D eigenvalue weighted by Crippen LogP contribution is -2.41. The van der Waals surface area contributed by atoms with E-state index in [1.807, 2.05) is 6.07 Å². The highest BCUT2D eigenvalue weighted by Crippen LogP contribution is 2.23. The molecule has 0 saturated carbocycles. The van der Waals surface area contributed by atoms with Crippen LogP contribution in [0.1, 0.15) is 18.4 Å². The summed E-state index contributed by atoms with van der Waals surface area (Å²) in [5, 5.41) is 4.24. The Bertz CT molecular complexity index is 573. The van der Waals surface area contributed by atoms with E-state index in [-0.39, 0.29) is 0 Å². The maximum absolute atomic E-state index is 6.17. The number of benzene rings is 1. The monoisotopic (exact) mass is 301 g/mol. The molecule has 1 aromatic carbocycles. The van der Waals surface area contributed by atoms with E-state index in [2.05, 4.69) is 45.5 Å². The predicted molar refractivity (Wildman–Crippen MR) is 87.6 cm³/mol. The van der Waals surface area contributed by atoms with Gasteiger partial charge in [0.05, 0.1) is 10.7 Å². The Morgan fingerprint density at radius 3 is 2.90 bits per heavy atom. The molecule has 0 bridgehead atoms. The van der Waals surface area contributed by atoms with E-state index in [0.717, 1.165) is 25.3 Å². The lowest BCUT2D eigenvalue weighted by atomic mass is 10.0. The van der Waals surface area contributed by atoms with Crippen LogP contribution in [0.5, 0.6) is 0 Å². The van der Waals surface area contributed by atoms with Crippen molar-refractivity contribution in [1.82, 2.24) is 9.88 Å². The Kier molecular flexibility index (Phi) is 4.73. The lowest BCUT2D eigenvalue weighted by molar-refractivity contribution is 0.208. The quantitative estimate of drug-likeness (QED) is 0.931. The number of pyridine rings is 1. The van der Waals surface area contributed by atoms with Gasteiger partial charge < -0.3 is 5.32 Å². The molecule has 0 aliphatic carbocycles. The van der Waals surface area contributed by atoms with Gasteiger partial charge in [0.25, 0.3) is 0 Å². The minimum absolute atomic E-state index is 0.447. The molecular formula is C17H20ClN3. The van der Waals surface area contributed by atoms with Crippen LogP contribution in [0.3, 0.4) is 0 Å². The van der Waals surface area contributed by atoms with E-state index < -0.39 is 0 Å². The van der Waals surface area contributed by atoms with Gasteiger partial charge in [0.2, 0.25) is 0 Å². The van der Waals surface area contributed by atoms with Gasteiger partial charge in [-0.15, -0.1) is 0 Å². The third-order valence-corrected chi connectivity index (χ3v) is 4.19. The van der Waals surface area contributed by atoms with Gasteiger partial charge in [0.15, 0.2) is 0 Å². The summed E-state index contributed by atoms with van der Waals surface area (Å²) >= 11 is 6.17. The van der Waals surface area contributed by atoms with Gasteiger partial charge in [-0.25, -0.2) is 0 Å². The SMILES string of the molecule is Clc1cnccc1NC1CCCN(Cc2ccccc2)C1. The summed E-state index contributed by atoms with van der Waals surface area (Å²) in [6, 6.07) is 13.0. The van der Waals surface area contributed by atoms with Gasteiger partial charge in [0.1, 0.15) is 0 Å². The zero-order valence-electron chi connectivity index (χ0n) is 12.0. The van der Waals surface area contributed by atoms with Crippen molar-refractivity contribution in [2.45, 2.75) is 25.4 Å². The standard InChI is InChI=1S/C17H20ClN3/c18-16-11-19-9-8-17(16)20-15-7-4-10-21(13-15)12-14-5-2-1-3-6-14/h1-3,5-6,8-9,11,15H,4,7,10,12-13H2,(H,19,20). The van der Waals surface area contributed by atoms with Gasteiger partial charge in [-0.2, -0.15) is 0 Å². The van der Waals surface area contributed by atoms with Crippen molar-refractivity contribution < 1.29 is 0 Å². The highest BCUT2D eigenvalue weighted by molar-refractivity contribution is 6.33. The molecule has 2 aromatic rings. The molecule has 4 heteroatoms. The normalized spacial score (nSPS) is 19.4. The largest absolute Gasteiger partial charge is 0.380 e. The topological polar surface area (TPSA) is 28.2 Å². The second kappa shape index (κ2) is 6.92. The third kappa shape index (κ3) is 3.96. The number of anilines is 1. The number of halogens is 1. The minimum Gasteiger partial charge on any atom is -0.380 e. The van der Waals surface area contributed by atoms with Crippen molar-refractivity contribution in [3.63, 3.8) is 0 Å². The highest BCUT2D eigenvalue weighted by Gasteiger charge is 2.20. The number of nitrogens with one attached hydrogen (secondary N) is 1. The van der Waals surface area contributed by atoms with Crippen molar-refractivity contribution >= 4 is 17.3 Å². The van der Waals surface area contributed by atoms with Crippen LogP contribution in [-0.4, -0.2) is 29.0 Å². The molecule has 1 aliphatic rings. The first-order chi connectivity index (χ1) is 10.3. The molecular weight excluding hydrogens is 282 g/mol. The zero-order chi connectivity index (χ0) is 14.5. The molecule has 1 aromatic heterocycles. The maximum atomic E-state index is 6.17. The summed E-state index contributed by atoms with van der Waals surface area (Å²) in [7, 11) is 0. The maximum Gasteiger partial charge on any atom is 0.0820 e. The highest BCUT2D eigenvalue weighted by atomic mass is 35.5. The minimum atomic E-state index is 0.447. The molecule has 1 unspecified atom stereocenters. The van der Waals surface area contributed by atoms with Crippen molar-refractivity contribution in [1.29, 1.82) is 0 Å². The first-order valence-electron chi connectivity index (χ1n) is 7.43. The van der Waals surface area contributed by atoms with Crippen molar-refractivity contribution in [3.8, 4) is 0 Å². The summed E-state index contributed by atoms with van der Waals surface area (Å²) in [5.74, 6) is 0. The molecule has 21 heavy (non-hydrogen) atoms. The molecule has 0 spiro atoms.